The van der Waals surface area contributed by atoms with Crippen molar-refractivity contribution in [2.75, 3.05) is 5.32 Å². The minimum atomic E-state index is -1.12. The number of carbonyl (C=O) groups is 2. The van der Waals surface area contributed by atoms with E-state index in [9.17, 15) is 9.59 Å². The molecule has 0 unspecified atom stereocenters. The Bertz CT molecular complexity index is 489. The summed E-state index contributed by atoms with van der Waals surface area (Å²) in [5.74, 6) is -1.48. The van der Waals surface area contributed by atoms with Gasteiger partial charge in [0.05, 0.1) is 5.57 Å². The highest BCUT2D eigenvalue weighted by Crippen LogP contribution is 2.31. The lowest BCUT2D eigenvalue weighted by molar-refractivity contribution is -0.131. The molecule has 0 saturated carbocycles. The molecule has 0 aromatic heterocycles. The van der Waals surface area contributed by atoms with Gasteiger partial charge < -0.3 is 10.4 Å². The Hall–Kier alpha value is -2.10. The summed E-state index contributed by atoms with van der Waals surface area (Å²) in [6, 6.07) is 5.40. The monoisotopic (exact) mass is 203 g/mol. The van der Waals surface area contributed by atoms with Crippen molar-refractivity contribution in [2.45, 2.75) is 6.92 Å². The fraction of sp³-hybridized carbons (Fsp3) is 0.0909. The van der Waals surface area contributed by atoms with Crippen LogP contribution >= 0.6 is 0 Å². The van der Waals surface area contributed by atoms with Gasteiger partial charge in [0.25, 0.3) is 5.91 Å². The number of aliphatic carboxylic acids is 1. The molecule has 1 aromatic carbocycles. The zero-order chi connectivity index (χ0) is 11.0. The Labute approximate surface area is 86.2 Å². The average Bonchev–Trinajstić information content (AvgIpc) is 2.41. The van der Waals surface area contributed by atoms with Crippen LogP contribution in [0, 0.1) is 6.92 Å². The minimum Gasteiger partial charge on any atom is -0.478 e. The summed E-state index contributed by atoms with van der Waals surface area (Å²) < 4.78 is 0. The van der Waals surface area contributed by atoms with E-state index < -0.39 is 5.97 Å². The van der Waals surface area contributed by atoms with Crippen LogP contribution in [0.2, 0.25) is 0 Å². The highest BCUT2D eigenvalue weighted by molar-refractivity contribution is 6.33. The van der Waals surface area contributed by atoms with Gasteiger partial charge in [-0.3, -0.25) is 4.79 Å². The van der Waals surface area contributed by atoms with E-state index in [4.69, 9.17) is 5.11 Å². The van der Waals surface area contributed by atoms with E-state index in [2.05, 4.69) is 5.32 Å². The number of benzene rings is 1. The Balaban J connectivity index is 2.56. The third-order valence-electron chi connectivity index (χ3n) is 2.23. The van der Waals surface area contributed by atoms with E-state index in [1.807, 2.05) is 19.1 Å². The number of carbonyl (C=O) groups excluding carboxylic acids is 1. The second-order valence-corrected chi connectivity index (χ2v) is 3.40. The fourth-order valence-electron chi connectivity index (χ4n) is 1.58. The number of anilines is 1. The van der Waals surface area contributed by atoms with Crippen LogP contribution in [0.5, 0.6) is 0 Å². The van der Waals surface area contributed by atoms with Crippen molar-refractivity contribution in [3.63, 3.8) is 0 Å². The van der Waals surface area contributed by atoms with Crippen molar-refractivity contribution in [1.29, 1.82) is 0 Å². The molecular formula is C11H9NO3. The molecule has 76 valence electrons. The molecule has 1 aliphatic rings. The molecule has 0 atom stereocenters. The van der Waals surface area contributed by atoms with Gasteiger partial charge in [0, 0.05) is 17.3 Å². The van der Waals surface area contributed by atoms with Crippen molar-refractivity contribution < 1.29 is 14.7 Å². The standard InChI is InChI=1S/C11H9NO3/c1-6-2-3-7-8(5-10(13)14)11(15)12-9(7)4-6/h2-5H,1H3,(H,12,15)(H,13,14)/b8-5-. The zero-order valence-electron chi connectivity index (χ0n) is 8.07. The summed E-state index contributed by atoms with van der Waals surface area (Å²) in [4.78, 5) is 22.0. The highest BCUT2D eigenvalue weighted by atomic mass is 16.4. The van der Waals surface area contributed by atoms with Crippen molar-refractivity contribution in [3.8, 4) is 0 Å². The molecule has 1 heterocycles. The molecule has 0 bridgehead atoms. The van der Waals surface area contributed by atoms with Gasteiger partial charge in [-0.15, -0.1) is 0 Å². The number of carboxylic acids is 1. The molecule has 2 rings (SSSR count). The average molecular weight is 203 g/mol. The smallest absolute Gasteiger partial charge is 0.329 e. The first-order chi connectivity index (χ1) is 7.08. The van der Waals surface area contributed by atoms with E-state index in [-0.39, 0.29) is 11.5 Å². The number of carboxylic acid groups (broad SMARTS) is 1. The van der Waals surface area contributed by atoms with E-state index in [0.717, 1.165) is 11.6 Å². The number of amides is 1. The van der Waals surface area contributed by atoms with E-state index in [1.165, 1.54) is 0 Å². The van der Waals surface area contributed by atoms with Gasteiger partial charge in [0.1, 0.15) is 0 Å². The first-order valence-corrected chi connectivity index (χ1v) is 4.45. The molecule has 4 heteroatoms. The molecule has 0 spiro atoms. The van der Waals surface area contributed by atoms with E-state index in [0.29, 0.717) is 11.3 Å². The number of aryl methyl sites for hydroxylation is 1. The molecule has 0 fully saturated rings. The van der Waals surface area contributed by atoms with Gasteiger partial charge in [-0.1, -0.05) is 12.1 Å². The molecule has 1 aromatic rings. The second-order valence-electron chi connectivity index (χ2n) is 3.40. The lowest BCUT2D eigenvalue weighted by Gasteiger charge is -1.98. The lowest BCUT2D eigenvalue weighted by atomic mass is 10.1. The van der Waals surface area contributed by atoms with Crippen LogP contribution in [0.1, 0.15) is 11.1 Å². The summed E-state index contributed by atoms with van der Waals surface area (Å²) in [6.07, 6.45) is 0.927. The maximum absolute atomic E-state index is 11.4. The largest absolute Gasteiger partial charge is 0.478 e. The predicted octanol–water partition coefficient (Wildman–Crippen LogP) is 1.42. The van der Waals surface area contributed by atoms with Gasteiger partial charge >= 0.3 is 5.97 Å². The van der Waals surface area contributed by atoms with E-state index in [1.54, 1.807) is 6.07 Å². The van der Waals surface area contributed by atoms with Crippen LogP contribution in [-0.2, 0) is 9.59 Å². The SMILES string of the molecule is Cc1ccc2c(c1)NC(=O)/C2=C\C(=O)O. The molecule has 4 nitrogen and oxygen atoms in total. The van der Waals surface area contributed by atoms with Gasteiger partial charge in [0.2, 0.25) is 0 Å². The Kier molecular flexibility index (Phi) is 2.04. The van der Waals surface area contributed by atoms with Crippen molar-refractivity contribution in [3.05, 3.63) is 35.4 Å². The molecule has 1 amide bonds. The molecule has 1 aliphatic heterocycles. The number of hydrogen-bond donors (Lipinski definition) is 2. The number of hydrogen-bond acceptors (Lipinski definition) is 2. The van der Waals surface area contributed by atoms with Crippen LogP contribution in [0.25, 0.3) is 5.57 Å². The third kappa shape index (κ3) is 1.61. The molecule has 2 N–H and O–H groups in total. The van der Waals surface area contributed by atoms with Crippen LogP contribution in [0.3, 0.4) is 0 Å². The topological polar surface area (TPSA) is 66.4 Å². The molecule has 0 saturated heterocycles. The summed E-state index contributed by atoms with van der Waals surface area (Å²) in [6.45, 7) is 1.91. The summed E-state index contributed by atoms with van der Waals surface area (Å²) >= 11 is 0. The fourth-order valence-corrected chi connectivity index (χ4v) is 1.58. The quantitative estimate of drug-likeness (QED) is 0.678. The number of nitrogens with one attached hydrogen (secondary N) is 1. The van der Waals surface area contributed by atoms with E-state index >= 15 is 0 Å². The summed E-state index contributed by atoms with van der Waals surface area (Å²) in [7, 11) is 0. The Morgan fingerprint density at radius 1 is 1.47 bits per heavy atom. The second kappa shape index (κ2) is 3.24. The third-order valence-corrected chi connectivity index (χ3v) is 2.23. The highest BCUT2D eigenvalue weighted by Gasteiger charge is 2.24. The van der Waals surface area contributed by atoms with Crippen molar-refractivity contribution in [2.24, 2.45) is 0 Å². The van der Waals surface area contributed by atoms with Gasteiger partial charge in [-0.2, -0.15) is 0 Å². The van der Waals surface area contributed by atoms with Crippen LogP contribution in [0.15, 0.2) is 24.3 Å². The van der Waals surface area contributed by atoms with Crippen LogP contribution in [0.4, 0.5) is 5.69 Å². The van der Waals surface area contributed by atoms with Crippen LogP contribution in [-0.4, -0.2) is 17.0 Å². The molecule has 15 heavy (non-hydrogen) atoms. The van der Waals surface area contributed by atoms with Gasteiger partial charge in [-0.05, 0) is 18.6 Å². The van der Waals surface area contributed by atoms with Crippen LogP contribution < -0.4 is 5.32 Å². The molecular weight excluding hydrogens is 194 g/mol. The molecule has 0 aliphatic carbocycles. The maximum Gasteiger partial charge on any atom is 0.329 e. The Morgan fingerprint density at radius 3 is 2.87 bits per heavy atom. The van der Waals surface area contributed by atoms with Crippen molar-refractivity contribution >= 4 is 23.1 Å². The molecule has 0 radical (unpaired) electrons. The first-order valence-electron chi connectivity index (χ1n) is 4.45. The van der Waals surface area contributed by atoms with Gasteiger partial charge in [-0.25, -0.2) is 4.79 Å². The van der Waals surface area contributed by atoms with Crippen molar-refractivity contribution in [1.82, 2.24) is 0 Å². The summed E-state index contributed by atoms with van der Waals surface area (Å²) in [5, 5.41) is 11.2. The Morgan fingerprint density at radius 2 is 2.20 bits per heavy atom. The number of rotatable bonds is 1. The zero-order valence-corrected chi connectivity index (χ0v) is 8.07. The maximum atomic E-state index is 11.4. The minimum absolute atomic E-state index is 0.206. The summed E-state index contributed by atoms with van der Waals surface area (Å²) in [5.41, 5.74) is 2.55. The normalized spacial score (nSPS) is 16.3. The van der Waals surface area contributed by atoms with Gasteiger partial charge in [0.15, 0.2) is 0 Å². The predicted molar refractivity (Wildman–Crippen MR) is 55.4 cm³/mol. The first kappa shape index (κ1) is 9.45. The number of fused-ring (bicyclic) bond motifs is 1. The lowest BCUT2D eigenvalue weighted by Crippen LogP contribution is -2.05.